The highest BCUT2D eigenvalue weighted by Crippen LogP contribution is 2.30. The van der Waals surface area contributed by atoms with Crippen LogP contribution in [0.4, 0.5) is 18.9 Å². The summed E-state index contributed by atoms with van der Waals surface area (Å²) >= 11 is 6.99. The molecule has 1 N–H and O–H groups in total. The fourth-order valence-corrected chi connectivity index (χ4v) is 3.91. The Hall–Kier alpha value is -3.44. The molecule has 0 aliphatic rings. The molecule has 2 aromatic carbocycles. The van der Waals surface area contributed by atoms with E-state index in [4.69, 9.17) is 20.8 Å². The minimum Gasteiger partial charge on any atom is -0.486 e. The van der Waals surface area contributed by atoms with Crippen molar-refractivity contribution in [3.8, 4) is 5.75 Å². The van der Waals surface area contributed by atoms with E-state index in [9.17, 15) is 18.0 Å². The van der Waals surface area contributed by atoms with Crippen LogP contribution in [0.15, 0.2) is 76.5 Å². The number of aromatic nitrogens is 3. The van der Waals surface area contributed by atoms with E-state index >= 15 is 0 Å². The first-order valence-electron chi connectivity index (χ1n) is 10.2. The van der Waals surface area contributed by atoms with E-state index in [1.54, 1.807) is 47.2 Å². The first-order chi connectivity index (χ1) is 16.8. The lowest BCUT2D eigenvalue weighted by atomic mass is 10.2. The molecule has 0 saturated heterocycles. The fraction of sp³-hybridized carbons (Fsp3) is 0.174. The van der Waals surface area contributed by atoms with E-state index < -0.39 is 17.6 Å². The second kappa shape index (κ2) is 10.9. The van der Waals surface area contributed by atoms with E-state index in [0.29, 0.717) is 34.1 Å². The van der Waals surface area contributed by atoms with Crippen LogP contribution >= 0.6 is 23.4 Å². The summed E-state index contributed by atoms with van der Waals surface area (Å²) in [6, 6.07) is 14.8. The van der Waals surface area contributed by atoms with Crippen LogP contribution < -0.4 is 10.1 Å². The maximum atomic E-state index is 12.9. The first-order valence-corrected chi connectivity index (χ1v) is 11.6. The third kappa shape index (κ3) is 6.80. The zero-order valence-electron chi connectivity index (χ0n) is 18.0. The minimum absolute atomic E-state index is 0.0551. The predicted octanol–water partition coefficient (Wildman–Crippen LogP) is 5.90. The van der Waals surface area contributed by atoms with Gasteiger partial charge >= 0.3 is 6.18 Å². The molecule has 1 amide bonds. The minimum atomic E-state index is -4.50. The van der Waals surface area contributed by atoms with Crippen molar-refractivity contribution in [3.05, 3.63) is 89.1 Å². The standard InChI is InChI=1S/C23H18ClF3N4O3S/c24-16-6-8-18(9-7-16)34-13-20-29-30-22(31(20)12-19-5-2-10-33-19)35-14-21(32)28-17-4-1-3-15(11-17)23(25,26)27/h1-11H,12-14H2,(H,28,32). The van der Waals surface area contributed by atoms with E-state index in [2.05, 4.69) is 15.5 Å². The maximum absolute atomic E-state index is 12.9. The quantitative estimate of drug-likeness (QED) is 0.276. The number of nitrogens with zero attached hydrogens (tertiary/aromatic N) is 3. The fourth-order valence-electron chi connectivity index (χ4n) is 3.03. The number of ether oxygens (including phenoxy) is 1. The number of furan rings is 1. The topological polar surface area (TPSA) is 82.2 Å². The molecule has 0 aliphatic carbocycles. The smallest absolute Gasteiger partial charge is 0.416 e. The zero-order chi connectivity index (χ0) is 24.8. The second-order valence-electron chi connectivity index (χ2n) is 7.22. The lowest BCUT2D eigenvalue weighted by Crippen LogP contribution is -2.16. The van der Waals surface area contributed by atoms with Gasteiger partial charge in [0.25, 0.3) is 0 Å². The van der Waals surface area contributed by atoms with Gasteiger partial charge in [0, 0.05) is 10.7 Å². The number of carbonyl (C=O) groups excluding carboxylic acids is 1. The van der Waals surface area contributed by atoms with Crippen LogP contribution in [0.1, 0.15) is 17.1 Å². The number of benzene rings is 2. The molecular weight excluding hydrogens is 505 g/mol. The average Bonchev–Trinajstić information content (AvgIpc) is 3.47. The monoisotopic (exact) mass is 522 g/mol. The Labute approximate surface area is 207 Å². The Morgan fingerprint density at radius 1 is 1.11 bits per heavy atom. The molecule has 0 bridgehead atoms. The molecule has 0 fully saturated rings. The molecular formula is C23H18ClF3N4O3S. The summed E-state index contributed by atoms with van der Waals surface area (Å²) in [6.07, 6.45) is -2.96. The molecule has 0 unspecified atom stereocenters. The third-order valence-electron chi connectivity index (χ3n) is 4.68. The van der Waals surface area contributed by atoms with Crippen LogP contribution in [0, 0.1) is 0 Å². The number of alkyl halides is 3. The van der Waals surface area contributed by atoms with Gasteiger partial charge in [-0.15, -0.1) is 10.2 Å². The number of amides is 1. The van der Waals surface area contributed by atoms with Gasteiger partial charge in [-0.1, -0.05) is 29.4 Å². The van der Waals surface area contributed by atoms with Crippen molar-refractivity contribution in [1.29, 1.82) is 0 Å². The Kier molecular flexibility index (Phi) is 7.67. The number of hydrogen-bond acceptors (Lipinski definition) is 6. The SMILES string of the molecule is O=C(CSc1nnc(COc2ccc(Cl)cc2)n1Cc1ccco1)Nc1cccc(C(F)(F)F)c1. The van der Waals surface area contributed by atoms with Gasteiger partial charge in [0.1, 0.15) is 18.1 Å². The van der Waals surface area contributed by atoms with Crippen molar-refractivity contribution in [2.75, 3.05) is 11.1 Å². The summed E-state index contributed by atoms with van der Waals surface area (Å²) in [6.45, 7) is 0.406. The van der Waals surface area contributed by atoms with Crippen molar-refractivity contribution in [2.45, 2.75) is 24.5 Å². The van der Waals surface area contributed by atoms with Gasteiger partial charge in [-0.2, -0.15) is 13.2 Å². The number of thioether (sulfide) groups is 1. The van der Waals surface area contributed by atoms with Crippen LogP contribution in [-0.2, 0) is 24.1 Å². The second-order valence-corrected chi connectivity index (χ2v) is 8.60. The van der Waals surface area contributed by atoms with Crippen molar-refractivity contribution in [1.82, 2.24) is 14.8 Å². The van der Waals surface area contributed by atoms with Crippen LogP contribution in [0.25, 0.3) is 0 Å². The van der Waals surface area contributed by atoms with Crippen LogP contribution in [-0.4, -0.2) is 26.4 Å². The highest BCUT2D eigenvalue weighted by atomic mass is 35.5. The molecule has 0 saturated carbocycles. The first kappa shape index (κ1) is 24.7. The number of anilines is 1. The van der Waals surface area contributed by atoms with Gasteiger partial charge < -0.3 is 14.5 Å². The molecule has 0 radical (unpaired) electrons. The normalized spacial score (nSPS) is 11.4. The van der Waals surface area contributed by atoms with Crippen molar-refractivity contribution < 1.29 is 27.1 Å². The Balaban J connectivity index is 1.43. The highest BCUT2D eigenvalue weighted by Gasteiger charge is 2.30. The predicted molar refractivity (Wildman–Crippen MR) is 124 cm³/mol. The van der Waals surface area contributed by atoms with Gasteiger partial charge in [-0.05, 0) is 54.6 Å². The van der Waals surface area contributed by atoms with Crippen LogP contribution in [0.5, 0.6) is 5.75 Å². The number of rotatable bonds is 9. The summed E-state index contributed by atoms with van der Waals surface area (Å²) in [5, 5.41) is 11.8. The maximum Gasteiger partial charge on any atom is 0.416 e. The summed E-state index contributed by atoms with van der Waals surface area (Å²) in [4.78, 5) is 12.4. The number of halogens is 4. The summed E-state index contributed by atoms with van der Waals surface area (Å²) in [7, 11) is 0. The van der Waals surface area contributed by atoms with E-state index in [0.717, 1.165) is 23.9 Å². The molecule has 7 nitrogen and oxygen atoms in total. The van der Waals surface area contributed by atoms with Crippen LogP contribution in [0.3, 0.4) is 0 Å². The van der Waals surface area contributed by atoms with E-state index in [1.165, 1.54) is 12.1 Å². The number of nitrogens with one attached hydrogen (secondary N) is 1. The largest absolute Gasteiger partial charge is 0.486 e. The third-order valence-corrected chi connectivity index (χ3v) is 5.89. The molecule has 35 heavy (non-hydrogen) atoms. The van der Waals surface area contributed by atoms with Gasteiger partial charge in [-0.25, -0.2) is 0 Å². The molecule has 0 atom stereocenters. The van der Waals surface area contributed by atoms with Gasteiger partial charge in [0.15, 0.2) is 11.0 Å². The summed E-state index contributed by atoms with van der Waals surface area (Å²) < 4.78 is 51.7. The molecule has 4 aromatic rings. The number of hydrogen-bond donors (Lipinski definition) is 1. The Bertz CT molecular complexity index is 1280. The highest BCUT2D eigenvalue weighted by molar-refractivity contribution is 7.99. The molecule has 4 rings (SSSR count). The Morgan fingerprint density at radius 2 is 1.91 bits per heavy atom. The molecule has 0 spiro atoms. The Morgan fingerprint density at radius 3 is 2.63 bits per heavy atom. The molecule has 12 heteroatoms. The van der Waals surface area contributed by atoms with Gasteiger partial charge in [0.05, 0.1) is 24.1 Å². The molecule has 182 valence electrons. The summed E-state index contributed by atoms with van der Waals surface area (Å²) in [5.74, 6) is 1.16. The van der Waals surface area contributed by atoms with E-state index in [-0.39, 0.29) is 18.0 Å². The lowest BCUT2D eigenvalue weighted by Gasteiger charge is -2.11. The van der Waals surface area contributed by atoms with Crippen molar-refractivity contribution in [3.63, 3.8) is 0 Å². The van der Waals surface area contributed by atoms with Crippen molar-refractivity contribution >= 4 is 35.0 Å². The van der Waals surface area contributed by atoms with Crippen molar-refractivity contribution in [2.24, 2.45) is 0 Å². The molecule has 2 aromatic heterocycles. The van der Waals surface area contributed by atoms with E-state index in [1.807, 2.05) is 0 Å². The zero-order valence-corrected chi connectivity index (χ0v) is 19.5. The average molecular weight is 523 g/mol. The lowest BCUT2D eigenvalue weighted by molar-refractivity contribution is -0.137. The van der Waals surface area contributed by atoms with Gasteiger partial charge in [-0.3, -0.25) is 9.36 Å². The number of carbonyl (C=O) groups is 1. The molecule has 2 heterocycles. The summed E-state index contributed by atoms with van der Waals surface area (Å²) in [5.41, 5.74) is -0.786. The van der Waals surface area contributed by atoms with Crippen LogP contribution in [0.2, 0.25) is 5.02 Å². The van der Waals surface area contributed by atoms with Gasteiger partial charge in [0.2, 0.25) is 5.91 Å². The molecule has 0 aliphatic heterocycles.